The SMILES string of the molecule is CSc1cc2c(cc1CNC(CO)C(C)C)OCCO2. The summed E-state index contributed by atoms with van der Waals surface area (Å²) in [7, 11) is 0. The Labute approximate surface area is 124 Å². The van der Waals surface area contributed by atoms with Crippen molar-refractivity contribution in [3.05, 3.63) is 17.7 Å². The molecule has 0 saturated carbocycles. The highest BCUT2D eigenvalue weighted by molar-refractivity contribution is 7.98. The number of aliphatic hydroxyl groups is 1. The van der Waals surface area contributed by atoms with Gasteiger partial charge in [0.05, 0.1) is 6.61 Å². The summed E-state index contributed by atoms with van der Waals surface area (Å²) in [4.78, 5) is 1.18. The monoisotopic (exact) mass is 297 g/mol. The third-order valence-corrected chi connectivity index (χ3v) is 4.32. The summed E-state index contributed by atoms with van der Waals surface area (Å²) < 4.78 is 11.2. The summed E-state index contributed by atoms with van der Waals surface area (Å²) in [6, 6.07) is 4.19. The molecule has 0 aliphatic carbocycles. The van der Waals surface area contributed by atoms with Gasteiger partial charge in [-0.2, -0.15) is 0 Å². The smallest absolute Gasteiger partial charge is 0.162 e. The van der Waals surface area contributed by atoms with Crippen molar-refractivity contribution < 1.29 is 14.6 Å². The molecule has 0 saturated heterocycles. The minimum absolute atomic E-state index is 0.109. The van der Waals surface area contributed by atoms with Crippen LogP contribution in [0.25, 0.3) is 0 Å². The molecule has 1 heterocycles. The molecule has 5 heteroatoms. The summed E-state index contributed by atoms with van der Waals surface area (Å²) in [5, 5.41) is 12.8. The van der Waals surface area contributed by atoms with Gasteiger partial charge in [0.1, 0.15) is 13.2 Å². The molecule has 0 bridgehead atoms. The van der Waals surface area contributed by atoms with Crippen LogP contribution in [0.3, 0.4) is 0 Å². The second-order valence-corrected chi connectivity index (χ2v) is 6.07. The zero-order valence-electron chi connectivity index (χ0n) is 12.3. The van der Waals surface area contributed by atoms with E-state index in [0.717, 1.165) is 18.0 Å². The highest BCUT2D eigenvalue weighted by Crippen LogP contribution is 2.36. The van der Waals surface area contributed by atoms with Gasteiger partial charge in [-0.1, -0.05) is 13.8 Å². The molecule has 1 aliphatic heterocycles. The average molecular weight is 297 g/mol. The van der Waals surface area contributed by atoms with E-state index in [1.807, 2.05) is 12.1 Å². The van der Waals surface area contributed by atoms with Crippen molar-refractivity contribution in [3.8, 4) is 11.5 Å². The van der Waals surface area contributed by atoms with E-state index in [1.165, 1.54) is 10.5 Å². The first-order valence-corrected chi connectivity index (χ1v) is 8.19. The molecule has 0 spiro atoms. The summed E-state index contributed by atoms with van der Waals surface area (Å²) in [5.74, 6) is 2.04. The molecule has 112 valence electrons. The number of rotatable bonds is 6. The van der Waals surface area contributed by atoms with Crippen LogP contribution in [0.1, 0.15) is 19.4 Å². The third kappa shape index (κ3) is 3.59. The highest BCUT2D eigenvalue weighted by Gasteiger charge is 2.17. The van der Waals surface area contributed by atoms with E-state index < -0.39 is 0 Å². The van der Waals surface area contributed by atoms with Gasteiger partial charge < -0.3 is 19.9 Å². The Hall–Kier alpha value is -0.910. The van der Waals surface area contributed by atoms with Gasteiger partial charge in [-0.15, -0.1) is 11.8 Å². The Morgan fingerprint density at radius 3 is 2.45 bits per heavy atom. The fourth-order valence-corrected chi connectivity index (χ4v) is 2.81. The molecule has 1 aromatic rings. The van der Waals surface area contributed by atoms with Crippen molar-refractivity contribution in [2.75, 3.05) is 26.1 Å². The van der Waals surface area contributed by atoms with Gasteiger partial charge in [0, 0.05) is 17.5 Å². The Morgan fingerprint density at radius 2 is 1.90 bits per heavy atom. The van der Waals surface area contributed by atoms with Crippen LogP contribution in [-0.2, 0) is 6.54 Å². The van der Waals surface area contributed by atoms with Gasteiger partial charge in [0.2, 0.25) is 0 Å². The average Bonchev–Trinajstić information content (AvgIpc) is 2.46. The van der Waals surface area contributed by atoms with E-state index in [0.29, 0.717) is 19.1 Å². The molecule has 0 fully saturated rings. The van der Waals surface area contributed by atoms with Crippen LogP contribution < -0.4 is 14.8 Å². The fraction of sp³-hybridized carbons (Fsp3) is 0.600. The molecule has 0 aromatic heterocycles. The second kappa shape index (κ2) is 7.20. The van der Waals surface area contributed by atoms with Gasteiger partial charge >= 0.3 is 0 Å². The first kappa shape index (κ1) is 15.5. The predicted molar refractivity (Wildman–Crippen MR) is 81.8 cm³/mol. The predicted octanol–water partition coefficient (Wildman–Crippen LogP) is 2.29. The second-order valence-electron chi connectivity index (χ2n) is 5.22. The van der Waals surface area contributed by atoms with E-state index in [4.69, 9.17) is 9.47 Å². The lowest BCUT2D eigenvalue weighted by atomic mass is 10.0. The highest BCUT2D eigenvalue weighted by atomic mass is 32.2. The van der Waals surface area contributed by atoms with Gasteiger partial charge in [-0.25, -0.2) is 0 Å². The zero-order valence-corrected chi connectivity index (χ0v) is 13.1. The van der Waals surface area contributed by atoms with E-state index in [1.54, 1.807) is 11.8 Å². The minimum Gasteiger partial charge on any atom is -0.486 e. The summed E-state index contributed by atoms with van der Waals surface area (Å²) >= 11 is 1.70. The Morgan fingerprint density at radius 1 is 1.25 bits per heavy atom. The molecule has 1 aliphatic rings. The topological polar surface area (TPSA) is 50.7 Å². The van der Waals surface area contributed by atoms with E-state index in [9.17, 15) is 5.11 Å². The molecular weight excluding hydrogens is 274 g/mol. The number of thioether (sulfide) groups is 1. The van der Waals surface area contributed by atoms with Crippen molar-refractivity contribution in [3.63, 3.8) is 0 Å². The molecule has 20 heavy (non-hydrogen) atoms. The Bertz CT molecular complexity index is 451. The van der Waals surface area contributed by atoms with E-state index in [2.05, 4.69) is 25.4 Å². The number of nitrogens with one attached hydrogen (secondary N) is 1. The van der Waals surface area contributed by atoms with Crippen molar-refractivity contribution in [1.29, 1.82) is 0 Å². The zero-order chi connectivity index (χ0) is 14.5. The van der Waals surface area contributed by atoms with Crippen molar-refractivity contribution in [2.24, 2.45) is 5.92 Å². The standard InChI is InChI=1S/C15H23NO3S/c1-10(2)12(9-17)16-8-11-6-13-14(7-15(11)20-3)19-5-4-18-13/h6-7,10,12,16-17H,4-5,8-9H2,1-3H3. The number of hydrogen-bond acceptors (Lipinski definition) is 5. The minimum atomic E-state index is 0.109. The number of hydrogen-bond donors (Lipinski definition) is 2. The molecule has 1 aromatic carbocycles. The van der Waals surface area contributed by atoms with Crippen molar-refractivity contribution >= 4 is 11.8 Å². The molecular formula is C15H23NO3S. The molecule has 1 unspecified atom stereocenters. The normalized spacial score (nSPS) is 15.4. The summed E-state index contributed by atoms with van der Waals surface area (Å²) in [6.45, 7) is 6.29. The number of benzene rings is 1. The molecule has 0 amide bonds. The molecule has 4 nitrogen and oxygen atoms in total. The number of ether oxygens (including phenoxy) is 2. The lowest BCUT2D eigenvalue weighted by Gasteiger charge is -2.23. The lowest BCUT2D eigenvalue weighted by Crippen LogP contribution is -2.36. The van der Waals surface area contributed by atoms with Crippen LogP contribution in [0, 0.1) is 5.92 Å². The van der Waals surface area contributed by atoms with Crippen LogP contribution in [-0.4, -0.2) is 37.2 Å². The van der Waals surface area contributed by atoms with E-state index in [-0.39, 0.29) is 12.6 Å². The van der Waals surface area contributed by atoms with Crippen LogP contribution >= 0.6 is 11.8 Å². The van der Waals surface area contributed by atoms with Crippen molar-refractivity contribution in [2.45, 2.75) is 31.3 Å². The van der Waals surface area contributed by atoms with Crippen LogP contribution in [0.4, 0.5) is 0 Å². The van der Waals surface area contributed by atoms with E-state index >= 15 is 0 Å². The van der Waals surface area contributed by atoms with Gasteiger partial charge in [0.25, 0.3) is 0 Å². The molecule has 0 radical (unpaired) electrons. The lowest BCUT2D eigenvalue weighted by molar-refractivity contribution is 0.170. The maximum Gasteiger partial charge on any atom is 0.162 e. The maximum atomic E-state index is 9.38. The summed E-state index contributed by atoms with van der Waals surface area (Å²) in [5.41, 5.74) is 1.18. The Kier molecular flexibility index (Phi) is 5.57. The van der Waals surface area contributed by atoms with Gasteiger partial charge in [0.15, 0.2) is 11.5 Å². The van der Waals surface area contributed by atoms with Crippen LogP contribution in [0.15, 0.2) is 17.0 Å². The third-order valence-electron chi connectivity index (χ3n) is 3.50. The van der Waals surface area contributed by atoms with Gasteiger partial charge in [-0.05, 0) is 29.9 Å². The molecule has 1 atom stereocenters. The van der Waals surface area contributed by atoms with Crippen LogP contribution in [0.5, 0.6) is 11.5 Å². The quantitative estimate of drug-likeness (QED) is 0.789. The number of fused-ring (bicyclic) bond motifs is 1. The molecule has 2 N–H and O–H groups in total. The first-order valence-electron chi connectivity index (χ1n) is 6.96. The molecule has 2 rings (SSSR count). The number of aliphatic hydroxyl groups excluding tert-OH is 1. The van der Waals surface area contributed by atoms with Gasteiger partial charge in [-0.3, -0.25) is 0 Å². The Balaban J connectivity index is 2.13. The largest absolute Gasteiger partial charge is 0.486 e. The fourth-order valence-electron chi connectivity index (χ4n) is 2.19. The van der Waals surface area contributed by atoms with Crippen molar-refractivity contribution in [1.82, 2.24) is 5.32 Å². The van der Waals surface area contributed by atoms with Crippen LogP contribution in [0.2, 0.25) is 0 Å². The summed E-state index contributed by atoms with van der Waals surface area (Å²) in [6.07, 6.45) is 2.06. The first-order chi connectivity index (χ1) is 9.65. The maximum absolute atomic E-state index is 9.38.